The van der Waals surface area contributed by atoms with Gasteiger partial charge in [0.05, 0.1) is 5.56 Å². The van der Waals surface area contributed by atoms with Gasteiger partial charge in [-0.3, -0.25) is 0 Å². The van der Waals surface area contributed by atoms with Crippen molar-refractivity contribution < 1.29 is 23.1 Å². The molecule has 0 aliphatic rings. The molecule has 66 valence electrons. The zero-order chi connectivity index (χ0) is 9.35. The van der Waals surface area contributed by atoms with Gasteiger partial charge in [0, 0.05) is 6.20 Å². The van der Waals surface area contributed by atoms with E-state index in [1.165, 1.54) is 0 Å². The summed E-state index contributed by atoms with van der Waals surface area (Å²) in [4.78, 5) is 12.0. The quantitative estimate of drug-likeness (QED) is 0.689. The Kier molecular flexibility index (Phi) is 1.83. The third-order valence-electron chi connectivity index (χ3n) is 1.26. The first-order chi connectivity index (χ1) is 5.43. The highest BCUT2D eigenvalue weighted by Gasteiger charge is 2.36. The van der Waals surface area contributed by atoms with Crippen LogP contribution in [0.15, 0.2) is 12.3 Å². The van der Waals surface area contributed by atoms with Crippen molar-refractivity contribution in [2.75, 3.05) is 0 Å². The molecule has 3 nitrogen and oxygen atoms in total. The molecule has 6 heteroatoms. The highest BCUT2D eigenvalue weighted by atomic mass is 19.4. The number of alkyl halides is 3. The lowest BCUT2D eigenvalue weighted by atomic mass is 10.2. The predicted octanol–water partition coefficient (Wildman–Crippen LogP) is 1.73. The van der Waals surface area contributed by atoms with Crippen LogP contribution in [0.3, 0.4) is 0 Å². The van der Waals surface area contributed by atoms with E-state index in [1.54, 1.807) is 0 Å². The first-order valence-electron chi connectivity index (χ1n) is 2.91. The molecule has 0 aromatic carbocycles. The number of carbonyl (C=O) groups is 1. The van der Waals surface area contributed by atoms with Crippen LogP contribution in [0.2, 0.25) is 0 Å². The van der Waals surface area contributed by atoms with Crippen LogP contribution in [0.5, 0.6) is 0 Å². The van der Waals surface area contributed by atoms with Crippen LogP contribution < -0.4 is 0 Å². The largest absolute Gasteiger partial charge is 0.478 e. The molecular weight excluding hydrogens is 175 g/mol. The number of halogens is 3. The third-order valence-corrected chi connectivity index (χ3v) is 1.26. The first kappa shape index (κ1) is 8.63. The van der Waals surface area contributed by atoms with Gasteiger partial charge in [0.15, 0.2) is 0 Å². The average molecular weight is 179 g/mol. The second kappa shape index (κ2) is 2.54. The van der Waals surface area contributed by atoms with Gasteiger partial charge in [-0.25, -0.2) is 4.79 Å². The fraction of sp³-hybridized carbons (Fsp3) is 0.167. The summed E-state index contributed by atoms with van der Waals surface area (Å²) in [5.74, 6) is -1.59. The van der Waals surface area contributed by atoms with Gasteiger partial charge in [-0.1, -0.05) is 0 Å². The summed E-state index contributed by atoms with van der Waals surface area (Å²) in [7, 11) is 0. The molecule has 12 heavy (non-hydrogen) atoms. The molecule has 0 saturated heterocycles. The Labute approximate surface area is 64.8 Å². The maximum absolute atomic E-state index is 11.9. The van der Waals surface area contributed by atoms with Crippen LogP contribution in [-0.2, 0) is 6.18 Å². The fourth-order valence-corrected chi connectivity index (χ4v) is 0.782. The molecule has 1 heterocycles. The number of aromatic amines is 1. The van der Waals surface area contributed by atoms with E-state index in [4.69, 9.17) is 5.11 Å². The van der Waals surface area contributed by atoms with Crippen molar-refractivity contribution in [3.63, 3.8) is 0 Å². The third kappa shape index (κ3) is 1.41. The number of aromatic carboxylic acids is 1. The van der Waals surface area contributed by atoms with Crippen molar-refractivity contribution in [3.05, 3.63) is 23.5 Å². The minimum absolute atomic E-state index is 0.762. The van der Waals surface area contributed by atoms with Crippen LogP contribution in [0.4, 0.5) is 13.2 Å². The number of carboxylic acids is 1. The number of nitrogens with one attached hydrogen (secondary N) is 1. The van der Waals surface area contributed by atoms with Crippen LogP contribution in [0.25, 0.3) is 0 Å². The van der Waals surface area contributed by atoms with E-state index in [-0.39, 0.29) is 0 Å². The van der Waals surface area contributed by atoms with Crippen LogP contribution in [-0.4, -0.2) is 16.1 Å². The topological polar surface area (TPSA) is 53.1 Å². The summed E-state index contributed by atoms with van der Waals surface area (Å²) in [6.45, 7) is 0. The highest BCUT2D eigenvalue weighted by Crippen LogP contribution is 2.30. The number of hydrogen-bond acceptors (Lipinski definition) is 1. The van der Waals surface area contributed by atoms with Gasteiger partial charge in [-0.15, -0.1) is 0 Å². The number of H-pyrrole nitrogens is 1. The van der Waals surface area contributed by atoms with Crippen LogP contribution in [0, 0.1) is 0 Å². The zero-order valence-electron chi connectivity index (χ0n) is 5.64. The van der Waals surface area contributed by atoms with Gasteiger partial charge in [0.1, 0.15) is 5.69 Å². The molecule has 1 aromatic rings. The molecule has 0 fully saturated rings. The molecule has 1 aromatic heterocycles. The van der Waals surface area contributed by atoms with Gasteiger partial charge < -0.3 is 10.1 Å². The molecule has 0 bridgehead atoms. The fourth-order valence-electron chi connectivity index (χ4n) is 0.782. The Morgan fingerprint density at radius 3 is 2.42 bits per heavy atom. The molecule has 0 aliphatic carbocycles. The zero-order valence-corrected chi connectivity index (χ0v) is 5.64. The van der Waals surface area contributed by atoms with Gasteiger partial charge in [0.25, 0.3) is 0 Å². The lowest BCUT2D eigenvalue weighted by molar-refractivity contribution is -0.141. The van der Waals surface area contributed by atoms with E-state index >= 15 is 0 Å². The lowest BCUT2D eigenvalue weighted by Crippen LogP contribution is -2.11. The summed E-state index contributed by atoms with van der Waals surface area (Å²) < 4.78 is 35.8. The van der Waals surface area contributed by atoms with E-state index in [0.29, 0.717) is 0 Å². The Balaban J connectivity index is 3.17. The molecule has 0 radical (unpaired) electrons. The van der Waals surface area contributed by atoms with Crippen molar-refractivity contribution in [1.29, 1.82) is 0 Å². The molecule has 0 atom stereocenters. The molecule has 0 spiro atoms. The monoisotopic (exact) mass is 179 g/mol. The predicted molar refractivity (Wildman–Crippen MR) is 32.8 cm³/mol. The molecule has 0 aliphatic heterocycles. The van der Waals surface area contributed by atoms with E-state index in [9.17, 15) is 18.0 Å². The van der Waals surface area contributed by atoms with E-state index in [2.05, 4.69) is 0 Å². The second-order valence-corrected chi connectivity index (χ2v) is 2.07. The Hall–Kier alpha value is -1.46. The molecular formula is C6H4F3NO2. The average Bonchev–Trinajstić information content (AvgIpc) is 2.30. The normalized spacial score (nSPS) is 11.6. The Bertz CT molecular complexity index is 302. The van der Waals surface area contributed by atoms with Gasteiger partial charge in [-0.2, -0.15) is 13.2 Å². The summed E-state index contributed by atoms with van der Waals surface area (Å²) in [6, 6.07) is 0.866. The van der Waals surface area contributed by atoms with Gasteiger partial charge in [0.2, 0.25) is 0 Å². The second-order valence-electron chi connectivity index (χ2n) is 2.07. The SMILES string of the molecule is O=C(O)c1cc[nH]c1C(F)(F)F. The minimum atomic E-state index is -4.64. The maximum atomic E-state index is 11.9. The summed E-state index contributed by atoms with van der Waals surface area (Å²) >= 11 is 0. The van der Waals surface area contributed by atoms with E-state index < -0.39 is 23.4 Å². The maximum Gasteiger partial charge on any atom is 0.432 e. The summed E-state index contributed by atoms with van der Waals surface area (Å²) in [6.07, 6.45) is -3.70. The number of rotatable bonds is 1. The Morgan fingerprint density at radius 1 is 1.50 bits per heavy atom. The smallest absolute Gasteiger partial charge is 0.432 e. The van der Waals surface area contributed by atoms with Crippen LogP contribution in [0.1, 0.15) is 16.1 Å². The molecule has 1 rings (SSSR count). The number of hydrogen-bond donors (Lipinski definition) is 2. The summed E-state index contributed by atoms with van der Waals surface area (Å²) in [5.41, 5.74) is -1.99. The summed E-state index contributed by atoms with van der Waals surface area (Å²) in [5, 5.41) is 8.30. The number of aromatic nitrogens is 1. The van der Waals surface area contributed by atoms with Crippen LogP contribution >= 0.6 is 0 Å². The van der Waals surface area contributed by atoms with Crippen molar-refractivity contribution in [2.45, 2.75) is 6.18 Å². The van der Waals surface area contributed by atoms with Crippen molar-refractivity contribution in [2.24, 2.45) is 0 Å². The first-order valence-corrected chi connectivity index (χ1v) is 2.91. The molecule has 2 N–H and O–H groups in total. The molecule has 0 unspecified atom stereocenters. The molecule has 0 amide bonds. The van der Waals surface area contributed by atoms with Crippen molar-refractivity contribution in [3.8, 4) is 0 Å². The van der Waals surface area contributed by atoms with Crippen molar-refractivity contribution >= 4 is 5.97 Å². The van der Waals surface area contributed by atoms with E-state index in [0.717, 1.165) is 12.3 Å². The lowest BCUT2D eigenvalue weighted by Gasteiger charge is -2.04. The Morgan fingerprint density at radius 2 is 2.08 bits per heavy atom. The number of carboxylic acid groups (broad SMARTS) is 1. The van der Waals surface area contributed by atoms with Gasteiger partial charge >= 0.3 is 12.1 Å². The van der Waals surface area contributed by atoms with Crippen molar-refractivity contribution in [1.82, 2.24) is 4.98 Å². The standard InChI is InChI=1S/C6H4F3NO2/c7-6(8,9)4-3(5(11)12)1-2-10-4/h1-2,10H,(H,11,12). The highest BCUT2D eigenvalue weighted by molar-refractivity contribution is 5.89. The minimum Gasteiger partial charge on any atom is -0.478 e. The molecule has 0 saturated carbocycles. The van der Waals surface area contributed by atoms with E-state index in [1.807, 2.05) is 4.98 Å². The van der Waals surface area contributed by atoms with Gasteiger partial charge in [-0.05, 0) is 6.07 Å².